The zero-order chi connectivity index (χ0) is 17.7. The van der Waals surface area contributed by atoms with Crippen LogP contribution in [0, 0.1) is 6.92 Å². The van der Waals surface area contributed by atoms with Crippen molar-refractivity contribution in [2.75, 3.05) is 13.1 Å². The van der Waals surface area contributed by atoms with Crippen LogP contribution >= 0.6 is 0 Å². The van der Waals surface area contributed by atoms with Crippen LogP contribution in [0.15, 0.2) is 24.4 Å². The van der Waals surface area contributed by atoms with Crippen molar-refractivity contribution in [2.24, 2.45) is 0 Å². The van der Waals surface area contributed by atoms with E-state index in [1.165, 1.54) is 5.56 Å². The van der Waals surface area contributed by atoms with Crippen LogP contribution in [0.4, 0.5) is 0 Å². The molecule has 1 aliphatic heterocycles. The second kappa shape index (κ2) is 5.59. The number of aromatic nitrogens is 5. The molecule has 1 fully saturated rings. The largest absolute Gasteiger partial charge is 0.338 e. The van der Waals surface area contributed by atoms with Crippen molar-refractivity contribution >= 4 is 16.9 Å². The highest BCUT2D eigenvalue weighted by molar-refractivity contribution is 5.97. The molecule has 1 amide bonds. The summed E-state index contributed by atoms with van der Waals surface area (Å²) in [5.74, 6) is 0.873. The summed E-state index contributed by atoms with van der Waals surface area (Å²) < 4.78 is 0. The number of H-pyrrole nitrogens is 1. The maximum Gasteiger partial charge on any atom is 0.253 e. The minimum absolute atomic E-state index is 0.0189. The Kier molecular flexibility index (Phi) is 3.32. The van der Waals surface area contributed by atoms with Crippen LogP contribution in [0.2, 0.25) is 0 Å². The topological polar surface area (TPSA) is 87.7 Å². The molecule has 5 rings (SSSR count). The molecule has 1 N–H and O–H groups in total. The third-order valence-corrected chi connectivity index (χ3v) is 5.79. The number of hydrogen-bond donors (Lipinski definition) is 1. The Morgan fingerprint density at radius 3 is 3.04 bits per heavy atom. The lowest BCUT2D eigenvalue weighted by Crippen LogP contribution is -2.48. The number of piperidine rings is 1. The lowest BCUT2D eigenvalue weighted by atomic mass is 9.77. The first-order valence-electron chi connectivity index (χ1n) is 9.07. The van der Waals surface area contributed by atoms with Gasteiger partial charge < -0.3 is 4.90 Å². The minimum atomic E-state index is -0.0189. The molecule has 7 nitrogen and oxygen atoms in total. The Labute approximate surface area is 150 Å². The summed E-state index contributed by atoms with van der Waals surface area (Å²) in [6.45, 7) is 3.45. The van der Waals surface area contributed by atoms with Gasteiger partial charge in [-0.1, -0.05) is 0 Å². The van der Waals surface area contributed by atoms with E-state index in [1.807, 2.05) is 36.2 Å². The number of nitrogens with zero attached hydrogens (tertiary/aromatic N) is 5. The zero-order valence-electron chi connectivity index (χ0n) is 14.7. The number of fused-ring (bicyclic) bond motifs is 3. The monoisotopic (exact) mass is 348 g/mol. The van der Waals surface area contributed by atoms with Gasteiger partial charge in [0, 0.05) is 30.3 Å². The Morgan fingerprint density at radius 2 is 2.12 bits per heavy atom. The first-order chi connectivity index (χ1) is 12.6. The fourth-order valence-corrected chi connectivity index (χ4v) is 4.49. The Balaban J connectivity index is 1.46. The molecule has 3 aromatic rings. The van der Waals surface area contributed by atoms with E-state index < -0.39 is 0 Å². The number of nitrogens with one attached hydrogen (secondary N) is 1. The van der Waals surface area contributed by atoms with Gasteiger partial charge in [-0.3, -0.25) is 4.79 Å². The molecule has 7 heteroatoms. The standard InChI is InChI=1S/C19H20N6O/c1-12-20-10-14-5-7-19(17(14)21-12)6-2-8-25(11-19)18(26)13-3-4-15-16(9-13)23-24-22-15/h3-4,9-10H,2,5-8,11H2,1H3,(H,22,23,24). The highest BCUT2D eigenvalue weighted by Gasteiger charge is 2.44. The van der Waals surface area contributed by atoms with Crippen LogP contribution in [0.3, 0.4) is 0 Å². The lowest BCUT2D eigenvalue weighted by molar-refractivity contribution is 0.0633. The summed E-state index contributed by atoms with van der Waals surface area (Å²) in [4.78, 5) is 24.2. The molecule has 0 saturated carbocycles. The molecule has 132 valence electrons. The predicted molar refractivity (Wildman–Crippen MR) is 95.8 cm³/mol. The van der Waals surface area contributed by atoms with Crippen molar-refractivity contribution in [3.8, 4) is 0 Å². The van der Waals surface area contributed by atoms with Crippen LogP contribution in [0.25, 0.3) is 11.0 Å². The Bertz CT molecular complexity index is 1010. The minimum Gasteiger partial charge on any atom is -0.338 e. The van der Waals surface area contributed by atoms with Gasteiger partial charge in [-0.25, -0.2) is 9.97 Å². The molecule has 1 atom stereocenters. The summed E-state index contributed by atoms with van der Waals surface area (Å²) in [7, 11) is 0. The van der Waals surface area contributed by atoms with Crippen LogP contribution in [0.5, 0.6) is 0 Å². The van der Waals surface area contributed by atoms with E-state index in [1.54, 1.807) is 0 Å². The molecule has 2 aliphatic rings. The summed E-state index contributed by atoms with van der Waals surface area (Å²) in [6, 6.07) is 5.49. The first kappa shape index (κ1) is 15.4. The van der Waals surface area contributed by atoms with E-state index in [9.17, 15) is 4.79 Å². The summed E-state index contributed by atoms with van der Waals surface area (Å²) in [6.07, 6.45) is 6.10. The number of aromatic amines is 1. The van der Waals surface area contributed by atoms with Gasteiger partial charge in [0.25, 0.3) is 5.91 Å². The van der Waals surface area contributed by atoms with E-state index in [2.05, 4.69) is 20.4 Å². The van der Waals surface area contributed by atoms with Gasteiger partial charge in [-0.05, 0) is 56.4 Å². The number of carbonyl (C=O) groups excluding carboxylic acids is 1. The molecule has 0 bridgehead atoms. The van der Waals surface area contributed by atoms with Crippen molar-refractivity contribution in [2.45, 2.75) is 38.0 Å². The average Bonchev–Trinajstić information content (AvgIpc) is 3.26. The normalized spacial score (nSPS) is 22.1. The van der Waals surface area contributed by atoms with Crippen LogP contribution < -0.4 is 0 Å². The molecule has 26 heavy (non-hydrogen) atoms. The molecule has 3 heterocycles. The molecular formula is C19H20N6O. The van der Waals surface area contributed by atoms with E-state index in [0.29, 0.717) is 5.56 Å². The fraction of sp³-hybridized carbons (Fsp3) is 0.421. The van der Waals surface area contributed by atoms with Crippen molar-refractivity contribution in [1.29, 1.82) is 0 Å². The summed E-state index contributed by atoms with van der Waals surface area (Å²) in [5.41, 5.74) is 4.55. The maximum absolute atomic E-state index is 13.1. The second-order valence-electron chi connectivity index (χ2n) is 7.43. The van der Waals surface area contributed by atoms with Gasteiger partial charge in [0.2, 0.25) is 0 Å². The van der Waals surface area contributed by atoms with Gasteiger partial charge in [0.1, 0.15) is 16.9 Å². The number of amides is 1. The summed E-state index contributed by atoms with van der Waals surface area (Å²) in [5, 5.41) is 10.7. The molecule has 0 radical (unpaired) electrons. The number of carbonyl (C=O) groups is 1. The highest BCUT2D eigenvalue weighted by Crippen LogP contribution is 2.44. The van der Waals surface area contributed by atoms with Gasteiger partial charge in [0.05, 0.1) is 5.69 Å². The molecule has 2 aromatic heterocycles. The van der Waals surface area contributed by atoms with Crippen molar-refractivity contribution in [3.63, 3.8) is 0 Å². The Morgan fingerprint density at radius 1 is 1.23 bits per heavy atom. The number of hydrogen-bond acceptors (Lipinski definition) is 5. The Hall–Kier alpha value is -2.83. The summed E-state index contributed by atoms with van der Waals surface area (Å²) >= 11 is 0. The molecule has 1 unspecified atom stereocenters. The van der Waals surface area contributed by atoms with Crippen molar-refractivity contribution in [3.05, 3.63) is 47.0 Å². The number of aryl methyl sites for hydroxylation is 2. The second-order valence-corrected chi connectivity index (χ2v) is 7.43. The molecule has 1 spiro atoms. The van der Waals surface area contributed by atoms with E-state index in [4.69, 9.17) is 4.98 Å². The highest BCUT2D eigenvalue weighted by atomic mass is 16.2. The lowest BCUT2D eigenvalue weighted by Gasteiger charge is -2.40. The molecule has 1 aromatic carbocycles. The van der Waals surface area contributed by atoms with Gasteiger partial charge in [-0.2, -0.15) is 15.4 Å². The predicted octanol–water partition coefficient (Wildman–Crippen LogP) is 2.18. The van der Waals surface area contributed by atoms with Crippen molar-refractivity contribution in [1.82, 2.24) is 30.3 Å². The van der Waals surface area contributed by atoms with E-state index in [0.717, 1.165) is 61.3 Å². The number of likely N-dealkylation sites (tertiary alicyclic amines) is 1. The third-order valence-electron chi connectivity index (χ3n) is 5.79. The fourth-order valence-electron chi connectivity index (χ4n) is 4.49. The van der Waals surface area contributed by atoms with E-state index in [-0.39, 0.29) is 11.3 Å². The van der Waals surface area contributed by atoms with E-state index >= 15 is 0 Å². The van der Waals surface area contributed by atoms with Crippen LogP contribution in [0.1, 0.15) is 46.7 Å². The smallest absolute Gasteiger partial charge is 0.253 e. The average molecular weight is 348 g/mol. The quantitative estimate of drug-likeness (QED) is 0.728. The SMILES string of the molecule is Cc1ncc2c(n1)C1(CCCN(C(=O)c3ccc4n[nH]nc4c3)C1)CC2. The number of rotatable bonds is 1. The van der Waals surface area contributed by atoms with Gasteiger partial charge in [-0.15, -0.1) is 0 Å². The first-order valence-corrected chi connectivity index (χ1v) is 9.07. The van der Waals surface area contributed by atoms with Crippen LogP contribution in [-0.2, 0) is 11.8 Å². The molecule has 1 saturated heterocycles. The molecular weight excluding hydrogens is 328 g/mol. The zero-order valence-corrected chi connectivity index (χ0v) is 14.7. The van der Waals surface area contributed by atoms with Gasteiger partial charge in [0.15, 0.2) is 0 Å². The molecule has 1 aliphatic carbocycles. The maximum atomic E-state index is 13.1. The third kappa shape index (κ3) is 2.30. The number of benzene rings is 1. The van der Waals surface area contributed by atoms with Crippen LogP contribution in [-0.4, -0.2) is 49.3 Å². The van der Waals surface area contributed by atoms with Gasteiger partial charge >= 0.3 is 0 Å². The van der Waals surface area contributed by atoms with Crippen molar-refractivity contribution < 1.29 is 4.79 Å².